The van der Waals surface area contributed by atoms with Crippen LogP contribution in [0.15, 0.2) is 60.7 Å². The quantitative estimate of drug-likeness (QED) is 0.0938. The van der Waals surface area contributed by atoms with Crippen LogP contribution < -0.4 is 32.3 Å². The van der Waals surface area contributed by atoms with Crippen LogP contribution >= 0.6 is 12.4 Å². The molecule has 14 nitrogen and oxygen atoms in total. The highest BCUT2D eigenvalue weighted by Gasteiger charge is 2.29. The van der Waals surface area contributed by atoms with Crippen molar-refractivity contribution in [3.8, 4) is 0 Å². The first-order valence-corrected chi connectivity index (χ1v) is 17.6. The van der Waals surface area contributed by atoms with Gasteiger partial charge in [-0.1, -0.05) is 87.4 Å². The van der Waals surface area contributed by atoms with Crippen molar-refractivity contribution in [2.75, 3.05) is 13.1 Å². The number of nitrogens with one attached hydrogen (secondary N) is 5. The number of halogens is 1. The minimum atomic E-state index is -1.46. The zero-order chi connectivity index (χ0) is 38.6. The van der Waals surface area contributed by atoms with Gasteiger partial charge in [-0.2, -0.15) is 0 Å². The second-order valence-corrected chi connectivity index (χ2v) is 13.5. The maximum Gasteiger partial charge on any atom is 0.407 e. The Bertz CT molecular complexity index is 1270. The van der Waals surface area contributed by atoms with E-state index in [1.807, 2.05) is 88.4 Å². The summed E-state index contributed by atoms with van der Waals surface area (Å²) in [5, 5.41) is 53.6. The average molecular weight is 755 g/mol. The minimum Gasteiger partial charge on any atom is -0.444 e. The molecule has 0 fully saturated rings. The van der Waals surface area contributed by atoms with E-state index >= 15 is 0 Å². The number of rotatable bonds is 19. The lowest BCUT2D eigenvalue weighted by Gasteiger charge is -2.26. The number of carbonyl (C=O) groups excluding carboxylic acids is 3. The summed E-state index contributed by atoms with van der Waals surface area (Å²) in [5.41, 5.74) is 7.06. The lowest BCUT2D eigenvalue weighted by atomic mass is 10.1. The van der Waals surface area contributed by atoms with Gasteiger partial charge in [-0.05, 0) is 58.6 Å². The van der Waals surface area contributed by atoms with E-state index in [2.05, 4.69) is 26.6 Å². The number of aliphatic hydroxyl groups excluding tert-OH is 4. The van der Waals surface area contributed by atoms with Gasteiger partial charge >= 0.3 is 6.09 Å². The Hall–Kier alpha value is -3.34. The number of hydrogen-bond acceptors (Lipinski definition) is 11. The van der Waals surface area contributed by atoms with Gasteiger partial charge in [0.25, 0.3) is 11.8 Å². The lowest BCUT2D eigenvalue weighted by Crippen LogP contribution is -2.53. The third-order valence-electron chi connectivity index (χ3n) is 7.67. The third-order valence-corrected chi connectivity index (χ3v) is 7.67. The van der Waals surface area contributed by atoms with Crippen molar-refractivity contribution in [2.45, 2.75) is 129 Å². The molecule has 0 bridgehead atoms. The van der Waals surface area contributed by atoms with E-state index in [9.17, 15) is 34.8 Å². The second-order valence-electron chi connectivity index (χ2n) is 13.5. The van der Waals surface area contributed by atoms with Crippen molar-refractivity contribution in [1.29, 1.82) is 0 Å². The fourth-order valence-corrected chi connectivity index (χ4v) is 4.92. The van der Waals surface area contributed by atoms with Gasteiger partial charge in [0.05, 0.1) is 19.1 Å². The molecule has 296 valence electrons. The molecule has 2 rings (SSSR count). The van der Waals surface area contributed by atoms with E-state index in [1.54, 1.807) is 20.8 Å². The summed E-state index contributed by atoms with van der Waals surface area (Å²) in [7, 11) is 0. The number of amides is 3. The largest absolute Gasteiger partial charge is 0.444 e. The number of hydrogen-bond donors (Lipinski definition) is 10. The second kappa shape index (κ2) is 25.6. The van der Waals surface area contributed by atoms with Crippen LogP contribution in [-0.4, -0.2) is 93.8 Å². The molecule has 15 heteroatoms. The molecule has 0 aromatic heterocycles. The van der Waals surface area contributed by atoms with Crippen molar-refractivity contribution >= 4 is 30.3 Å². The van der Waals surface area contributed by atoms with E-state index in [0.29, 0.717) is 19.3 Å². The SMILES string of the molecule is CCCC(N)C(O)C(=O)NC[C@@H](O)N[C@H](C)c1ccccc1.CCCC(NC(=O)OC(C)(C)C)C(O)C(=O)NC[C@@H](O)N[C@H](C)c1ccccc1.Cl. The van der Waals surface area contributed by atoms with Crippen LogP contribution in [0.25, 0.3) is 0 Å². The zero-order valence-corrected chi connectivity index (χ0v) is 32.4. The number of benzene rings is 2. The first-order chi connectivity index (χ1) is 24.0. The molecule has 0 spiro atoms. The van der Waals surface area contributed by atoms with Gasteiger partial charge < -0.3 is 46.8 Å². The van der Waals surface area contributed by atoms with Crippen molar-refractivity contribution in [1.82, 2.24) is 26.6 Å². The number of ether oxygens (including phenoxy) is 1. The predicted octanol–water partition coefficient (Wildman–Crippen LogP) is 2.51. The molecule has 11 N–H and O–H groups in total. The minimum absolute atomic E-state index is 0. The van der Waals surface area contributed by atoms with Crippen LogP contribution in [0.4, 0.5) is 4.79 Å². The molecule has 0 saturated heterocycles. The summed E-state index contributed by atoms with van der Waals surface area (Å²) in [6.45, 7) is 12.8. The topological polar surface area (TPSA) is 228 Å². The molecule has 0 heterocycles. The van der Waals surface area contributed by atoms with Gasteiger partial charge in [0.15, 0.2) is 6.10 Å². The summed E-state index contributed by atoms with van der Waals surface area (Å²) in [6.07, 6.45) is -2.88. The van der Waals surface area contributed by atoms with Gasteiger partial charge in [0, 0.05) is 18.1 Å². The van der Waals surface area contributed by atoms with Crippen LogP contribution in [0.3, 0.4) is 0 Å². The van der Waals surface area contributed by atoms with Crippen molar-refractivity contribution in [3.05, 3.63) is 71.8 Å². The highest BCUT2D eigenvalue weighted by molar-refractivity contribution is 5.85. The zero-order valence-electron chi connectivity index (χ0n) is 31.5. The van der Waals surface area contributed by atoms with E-state index in [0.717, 1.165) is 17.5 Å². The molecule has 2 aromatic rings. The Kier molecular flexibility index (Phi) is 24.0. The van der Waals surface area contributed by atoms with Crippen molar-refractivity contribution < 1.29 is 39.5 Å². The van der Waals surface area contributed by atoms with Crippen LogP contribution in [0.5, 0.6) is 0 Å². The number of carbonyl (C=O) groups is 3. The summed E-state index contributed by atoms with van der Waals surface area (Å²) < 4.78 is 5.19. The van der Waals surface area contributed by atoms with E-state index in [4.69, 9.17) is 10.5 Å². The highest BCUT2D eigenvalue weighted by atomic mass is 35.5. The first kappa shape index (κ1) is 48.7. The molecule has 2 aromatic carbocycles. The molecule has 0 aliphatic rings. The molecule has 0 radical (unpaired) electrons. The molecular weight excluding hydrogens is 692 g/mol. The molecule has 0 aliphatic carbocycles. The Balaban J connectivity index is 0.00000102. The fourth-order valence-electron chi connectivity index (χ4n) is 4.92. The fraction of sp³-hybridized carbons (Fsp3) is 0.595. The Morgan fingerprint density at radius 2 is 1.12 bits per heavy atom. The maximum absolute atomic E-state index is 12.3. The summed E-state index contributed by atoms with van der Waals surface area (Å²) in [6, 6.07) is 17.7. The standard InChI is InChI=1S/C21H35N3O5.C16H27N3O3.ClH/c1-6-10-16(24-20(28)29-21(3,4)5)18(26)19(27)22-13-17(25)23-14(2)15-11-8-7-9-12-15;1-3-7-13(17)15(21)16(22)18-10-14(20)19-11(2)12-8-5-4-6-9-12;/h7-9,11-12,14,16-18,23,25-26H,6,10,13H2,1-5H3,(H,22,27)(H,24,28);4-6,8-9,11,13-15,19-21H,3,7,10,17H2,1-2H3,(H,18,22);1H/t14-,16?,17-,18?;11-,13?,14-,15?;/m11./s1. The summed E-state index contributed by atoms with van der Waals surface area (Å²) in [5.74, 6) is -1.23. The van der Waals surface area contributed by atoms with Crippen LogP contribution in [0, 0.1) is 0 Å². The molecule has 0 aliphatic heterocycles. The van der Waals surface area contributed by atoms with E-state index < -0.39 is 60.3 Å². The molecule has 0 saturated carbocycles. The summed E-state index contributed by atoms with van der Waals surface area (Å²) in [4.78, 5) is 36.0. The van der Waals surface area contributed by atoms with Crippen LogP contribution in [0.1, 0.15) is 97.4 Å². The predicted molar refractivity (Wildman–Crippen MR) is 204 cm³/mol. The molecule has 4 unspecified atom stereocenters. The number of alkyl carbamates (subject to hydrolysis) is 1. The van der Waals surface area contributed by atoms with E-state index in [1.165, 1.54) is 0 Å². The van der Waals surface area contributed by atoms with Crippen LogP contribution in [0.2, 0.25) is 0 Å². The molecule has 8 atom stereocenters. The number of aliphatic hydroxyl groups is 4. The lowest BCUT2D eigenvalue weighted by molar-refractivity contribution is -0.131. The van der Waals surface area contributed by atoms with Gasteiger partial charge in [-0.25, -0.2) is 4.79 Å². The third kappa shape index (κ3) is 20.0. The van der Waals surface area contributed by atoms with Crippen molar-refractivity contribution in [3.63, 3.8) is 0 Å². The number of nitrogens with two attached hydrogens (primary N) is 1. The summed E-state index contributed by atoms with van der Waals surface area (Å²) >= 11 is 0. The van der Waals surface area contributed by atoms with E-state index in [-0.39, 0.29) is 37.6 Å². The monoisotopic (exact) mass is 754 g/mol. The van der Waals surface area contributed by atoms with Crippen LogP contribution in [-0.2, 0) is 14.3 Å². The van der Waals surface area contributed by atoms with Gasteiger partial charge in [-0.15, -0.1) is 12.4 Å². The molecule has 52 heavy (non-hydrogen) atoms. The first-order valence-electron chi connectivity index (χ1n) is 17.6. The average Bonchev–Trinajstić information content (AvgIpc) is 3.09. The van der Waals surface area contributed by atoms with Crippen molar-refractivity contribution in [2.24, 2.45) is 5.73 Å². The molecular formula is C37H63ClN6O8. The normalized spacial score (nSPS) is 15.8. The highest BCUT2D eigenvalue weighted by Crippen LogP contribution is 2.13. The Morgan fingerprint density at radius 3 is 1.50 bits per heavy atom. The maximum atomic E-state index is 12.3. The van der Waals surface area contributed by atoms with Gasteiger partial charge in [-0.3, -0.25) is 20.2 Å². The van der Waals surface area contributed by atoms with Gasteiger partial charge in [0.1, 0.15) is 24.2 Å². The molecule has 3 amide bonds. The Labute approximate surface area is 315 Å². The Morgan fingerprint density at radius 1 is 0.712 bits per heavy atom. The van der Waals surface area contributed by atoms with Gasteiger partial charge in [0.2, 0.25) is 0 Å². The smallest absolute Gasteiger partial charge is 0.407 e.